The molecule has 2 atom stereocenters. The summed E-state index contributed by atoms with van der Waals surface area (Å²) in [6.45, 7) is 4.61. The predicted molar refractivity (Wildman–Crippen MR) is 65.2 cm³/mol. The van der Waals surface area contributed by atoms with Crippen LogP contribution in [0.2, 0.25) is 0 Å². The second-order valence-corrected chi connectivity index (χ2v) is 5.20. The van der Waals surface area contributed by atoms with E-state index in [-0.39, 0.29) is 0 Å². The normalized spacial score (nSPS) is 27.9. The number of likely N-dealkylation sites (tertiary alicyclic amines) is 1. The summed E-state index contributed by atoms with van der Waals surface area (Å²) >= 11 is 1.45. The minimum absolute atomic E-state index is 0.557. The van der Waals surface area contributed by atoms with Crippen LogP contribution in [0.3, 0.4) is 0 Å². The summed E-state index contributed by atoms with van der Waals surface area (Å²) in [7, 11) is 2.18. The number of rotatable bonds is 2. The highest BCUT2D eigenvalue weighted by Gasteiger charge is 2.24. The van der Waals surface area contributed by atoms with Crippen molar-refractivity contribution >= 4 is 22.4 Å². The van der Waals surface area contributed by atoms with Crippen molar-refractivity contribution in [3.63, 3.8) is 0 Å². The van der Waals surface area contributed by atoms with Gasteiger partial charge in [-0.2, -0.15) is 4.37 Å². The van der Waals surface area contributed by atoms with E-state index < -0.39 is 0 Å². The predicted octanol–water partition coefficient (Wildman–Crippen LogP) is 1.48. The van der Waals surface area contributed by atoms with Crippen molar-refractivity contribution in [3.05, 3.63) is 6.07 Å². The number of hydrogen-bond acceptors (Lipinski definition) is 5. The third-order valence-corrected chi connectivity index (χ3v) is 3.70. The molecule has 84 valence electrons. The van der Waals surface area contributed by atoms with Crippen molar-refractivity contribution in [2.75, 3.05) is 31.2 Å². The number of aromatic nitrogens is 1. The average molecular weight is 226 g/mol. The van der Waals surface area contributed by atoms with Crippen LogP contribution >= 0.6 is 11.5 Å². The zero-order valence-electron chi connectivity index (χ0n) is 9.23. The van der Waals surface area contributed by atoms with Crippen LogP contribution in [0.15, 0.2) is 6.07 Å². The summed E-state index contributed by atoms with van der Waals surface area (Å²) in [6.07, 6.45) is 1.19. The lowest BCUT2D eigenvalue weighted by molar-refractivity contribution is 0.206. The third kappa shape index (κ3) is 2.60. The Hall–Kier alpha value is -0.810. The summed E-state index contributed by atoms with van der Waals surface area (Å²) in [6, 6.07) is 2.47. The van der Waals surface area contributed by atoms with E-state index in [4.69, 9.17) is 5.73 Å². The molecule has 2 unspecified atom stereocenters. The Morgan fingerprint density at radius 3 is 3.07 bits per heavy atom. The smallest absolute Gasteiger partial charge is 0.139 e. The molecule has 1 aromatic heterocycles. The van der Waals surface area contributed by atoms with Gasteiger partial charge in [0.15, 0.2) is 0 Å². The van der Waals surface area contributed by atoms with Crippen LogP contribution in [-0.2, 0) is 0 Å². The van der Waals surface area contributed by atoms with Gasteiger partial charge in [0.2, 0.25) is 0 Å². The van der Waals surface area contributed by atoms with Crippen molar-refractivity contribution in [2.24, 2.45) is 5.92 Å². The van der Waals surface area contributed by atoms with Gasteiger partial charge >= 0.3 is 0 Å². The number of nitrogens with zero attached hydrogens (tertiary/aromatic N) is 2. The lowest BCUT2D eigenvalue weighted by Gasteiger charge is -2.35. The Kier molecular flexibility index (Phi) is 3.11. The molecule has 3 N–H and O–H groups in total. The zero-order valence-corrected chi connectivity index (χ0v) is 10.0. The van der Waals surface area contributed by atoms with Gasteiger partial charge in [-0.1, -0.05) is 6.92 Å². The monoisotopic (exact) mass is 226 g/mol. The summed E-state index contributed by atoms with van der Waals surface area (Å²) in [5, 5.41) is 4.61. The van der Waals surface area contributed by atoms with Gasteiger partial charge in [0.1, 0.15) is 10.8 Å². The lowest BCUT2D eigenvalue weighted by Crippen LogP contribution is -2.43. The van der Waals surface area contributed by atoms with Crippen molar-refractivity contribution in [1.82, 2.24) is 9.27 Å². The first-order valence-corrected chi connectivity index (χ1v) is 6.10. The molecule has 1 aliphatic heterocycles. The van der Waals surface area contributed by atoms with E-state index in [0.29, 0.717) is 17.8 Å². The molecule has 0 saturated carbocycles. The van der Waals surface area contributed by atoms with Gasteiger partial charge in [0.25, 0.3) is 0 Å². The van der Waals surface area contributed by atoms with Gasteiger partial charge in [0.05, 0.1) is 0 Å². The molecular weight excluding hydrogens is 208 g/mol. The fraction of sp³-hybridized carbons (Fsp3) is 0.700. The molecule has 0 aromatic carbocycles. The summed E-state index contributed by atoms with van der Waals surface area (Å²) in [5.74, 6) is 1.29. The van der Waals surface area contributed by atoms with Gasteiger partial charge in [0, 0.05) is 18.7 Å². The number of hydrogen-bond donors (Lipinski definition) is 2. The van der Waals surface area contributed by atoms with Gasteiger partial charge < -0.3 is 16.0 Å². The standard InChI is InChI=1S/C10H18N4S/c1-7-6-14(2)4-3-8(7)12-10-5-9(11)13-15-10/h5,7-8,12H,3-4,6H2,1-2H3,(H2,11,13). The summed E-state index contributed by atoms with van der Waals surface area (Å²) in [4.78, 5) is 2.38. The molecule has 0 bridgehead atoms. The highest BCUT2D eigenvalue weighted by atomic mass is 32.1. The first-order chi connectivity index (χ1) is 7.15. The van der Waals surface area contributed by atoms with Crippen LogP contribution in [0.4, 0.5) is 10.8 Å². The van der Waals surface area contributed by atoms with Gasteiger partial charge in [-0.25, -0.2) is 0 Å². The SMILES string of the molecule is CC1CN(C)CCC1Nc1cc(N)ns1. The molecule has 1 saturated heterocycles. The van der Waals surface area contributed by atoms with Crippen molar-refractivity contribution in [1.29, 1.82) is 0 Å². The van der Waals surface area contributed by atoms with Crippen LogP contribution < -0.4 is 11.1 Å². The van der Waals surface area contributed by atoms with Crippen LogP contribution in [0, 0.1) is 5.92 Å². The maximum atomic E-state index is 5.59. The molecule has 0 aliphatic carbocycles. The minimum atomic E-state index is 0.557. The summed E-state index contributed by atoms with van der Waals surface area (Å²) < 4.78 is 4.07. The molecule has 0 spiro atoms. The van der Waals surface area contributed by atoms with E-state index >= 15 is 0 Å². The largest absolute Gasteiger partial charge is 0.383 e. The molecular formula is C10H18N4S. The fourth-order valence-electron chi connectivity index (χ4n) is 2.11. The van der Waals surface area contributed by atoms with Crippen LogP contribution in [0.1, 0.15) is 13.3 Å². The van der Waals surface area contributed by atoms with Crippen LogP contribution in [-0.4, -0.2) is 35.5 Å². The Morgan fingerprint density at radius 1 is 1.67 bits per heavy atom. The number of piperidine rings is 1. The average Bonchev–Trinajstić information content (AvgIpc) is 2.56. The Morgan fingerprint density at radius 2 is 2.47 bits per heavy atom. The molecule has 5 heteroatoms. The first-order valence-electron chi connectivity index (χ1n) is 5.32. The Balaban J connectivity index is 1.94. The van der Waals surface area contributed by atoms with E-state index in [1.807, 2.05) is 6.07 Å². The van der Waals surface area contributed by atoms with Gasteiger partial charge in [-0.15, -0.1) is 0 Å². The number of nitrogens with one attached hydrogen (secondary N) is 1. The number of nitrogen functional groups attached to an aromatic ring is 1. The quantitative estimate of drug-likeness (QED) is 0.802. The second-order valence-electron chi connectivity index (χ2n) is 4.40. The van der Waals surface area contributed by atoms with Crippen LogP contribution in [0.5, 0.6) is 0 Å². The van der Waals surface area contributed by atoms with Gasteiger partial charge in [-0.3, -0.25) is 0 Å². The number of nitrogens with two attached hydrogens (primary N) is 1. The molecule has 4 nitrogen and oxygen atoms in total. The van der Waals surface area contributed by atoms with E-state index in [2.05, 4.69) is 28.6 Å². The first kappa shape index (κ1) is 10.7. The van der Waals surface area contributed by atoms with E-state index in [1.54, 1.807) is 0 Å². The highest BCUT2D eigenvalue weighted by molar-refractivity contribution is 7.10. The molecule has 0 radical (unpaired) electrons. The van der Waals surface area contributed by atoms with E-state index in [9.17, 15) is 0 Å². The Labute approximate surface area is 94.6 Å². The van der Waals surface area contributed by atoms with Crippen LogP contribution in [0.25, 0.3) is 0 Å². The maximum Gasteiger partial charge on any atom is 0.139 e. The van der Waals surface area contributed by atoms with Crippen molar-refractivity contribution in [3.8, 4) is 0 Å². The highest BCUT2D eigenvalue weighted by Crippen LogP contribution is 2.24. The zero-order chi connectivity index (χ0) is 10.8. The topological polar surface area (TPSA) is 54.2 Å². The summed E-state index contributed by atoms with van der Waals surface area (Å²) in [5.41, 5.74) is 5.59. The third-order valence-electron chi connectivity index (χ3n) is 2.96. The fourth-order valence-corrected chi connectivity index (χ4v) is 2.74. The van der Waals surface area contributed by atoms with Crippen molar-refractivity contribution in [2.45, 2.75) is 19.4 Å². The van der Waals surface area contributed by atoms with E-state index in [0.717, 1.165) is 18.1 Å². The lowest BCUT2D eigenvalue weighted by atomic mass is 9.94. The van der Waals surface area contributed by atoms with Crippen molar-refractivity contribution < 1.29 is 0 Å². The molecule has 1 aromatic rings. The number of anilines is 2. The Bertz CT molecular complexity index is 325. The minimum Gasteiger partial charge on any atom is -0.383 e. The maximum absolute atomic E-state index is 5.59. The molecule has 0 amide bonds. The molecule has 15 heavy (non-hydrogen) atoms. The van der Waals surface area contributed by atoms with Gasteiger partial charge in [-0.05, 0) is 37.5 Å². The molecule has 2 rings (SSSR count). The second kappa shape index (κ2) is 4.37. The molecule has 1 aliphatic rings. The molecule has 2 heterocycles. The molecule has 1 fully saturated rings. The van der Waals surface area contributed by atoms with E-state index in [1.165, 1.54) is 18.0 Å².